The van der Waals surface area contributed by atoms with Gasteiger partial charge in [0.05, 0.1) is 18.3 Å². The summed E-state index contributed by atoms with van der Waals surface area (Å²) in [7, 11) is 1.78. The molecule has 0 fully saturated rings. The van der Waals surface area contributed by atoms with Crippen LogP contribution in [0, 0.1) is 6.92 Å². The average Bonchev–Trinajstić information content (AvgIpc) is 2.69. The number of aliphatic imine (C=N–C) groups is 1. The summed E-state index contributed by atoms with van der Waals surface area (Å²) in [6.45, 7) is 9.66. The number of hydrogen-bond donors (Lipinski definition) is 2. The highest BCUT2D eigenvalue weighted by atomic mass is 35.5. The van der Waals surface area contributed by atoms with Gasteiger partial charge in [0.1, 0.15) is 0 Å². The summed E-state index contributed by atoms with van der Waals surface area (Å²) in [4.78, 5) is 11.2. The number of aromatic nitrogens is 1. The Morgan fingerprint density at radius 3 is 2.52 bits per heavy atom. The Hall–Kier alpha value is -2.11. The van der Waals surface area contributed by atoms with Crippen LogP contribution in [0.3, 0.4) is 0 Å². The molecule has 0 saturated heterocycles. The zero-order valence-electron chi connectivity index (χ0n) is 16.7. The quantitative estimate of drug-likeness (QED) is 0.534. The van der Waals surface area contributed by atoms with Crippen molar-refractivity contribution < 1.29 is 0 Å². The van der Waals surface area contributed by atoms with E-state index in [1.165, 1.54) is 0 Å². The molecule has 0 amide bonds. The lowest BCUT2D eigenvalue weighted by molar-refractivity contribution is 0.219. The van der Waals surface area contributed by atoms with E-state index in [-0.39, 0.29) is 6.04 Å². The minimum Gasteiger partial charge on any atom is -0.354 e. The highest BCUT2D eigenvalue weighted by Crippen LogP contribution is 2.26. The number of halogens is 1. The van der Waals surface area contributed by atoms with Crippen LogP contribution in [0.1, 0.15) is 36.7 Å². The molecule has 5 nitrogen and oxygen atoms in total. The lowest BCUT2D eigenvalue weighted by Crippen LogP contribution is -2.43. The van der Waals surface area contributed by atoms with E-state index >= 15 is 0 Å². The van der Waals surface area contributed by atoms with Crippen molar-refractivity contribution in [3.8, 4) is 0 Å². The molecule has 1 aromatic heterocycles. The third-order valence-corrected chi connectivity index (χ3v) is 5.09. The van der Waals surface area contributed by atoms with Gasteiger partial charge in [0.25, 0.3) is 0 Å². The van der Waals surface area contributed by atoms with E-state index in [4.69, 9.17) is 11.6 Å². The molecule has 1 heterocycles. The van der Waals surface area contributed by atoms with Crippen molar-refractivity contribution in [3.05, 3.63) is 64.4 Å². The van der Waals surface area contributed by atoms with Crippen molar-refractivity contribution in [3.63, 3.8) is 0 Å². The van der Waals surface area contributed by atoms with Gasteiger partial charge in [0.15, 0.2) is 5.96 Å². The maximum absolute atomic E-state index is 6.48. The number of hydrogen-bond acceptors (Lipinski definition) is 3. The second-order valence-corrected chi connectivity index (χ2v) is 6.74. The Morgan fingerprint density at radius 1 is 1.15 bits per heavy atom. The van der Waals surface area contributed by atoms with Gasteiger partial charge < -0.3 is 10.6 Å². The van der Waals surface area contributed by atoms with Crippen LogP contribution < -0.4 is 10.6 Å². The number of guanidine groups is 1. The summed E-state index contributed by atoms with van der Waals surface area (Å²) in [5.41, 5.74) is 3.32. The monoisotopic (exact) mass is 387 g/mol. The fourth-order valence-electron chi connectivity index (χ4n) is 3.13. The molecular formula is C21H30ClN5. The van der Waals surface area contributed by atoms with E-state index < -0.39 is 0 Å². The largest absolute Gasteiger partial charge is 0.354 e. The Morgan fingerprint density at radius 2 is 1.89 bits per heavy atom. The van der Waals surface area contributed by atoms with Gasteiger partial charge >= 0.3 is 0 Å². The number of likely N-dealkylation sites (N-methyl/N-ethyl adjacent to an activating group) is 1. The zero-order valence-corrected chi connectivity index (χ0v) is 17.4. The van der Waals surface area contributed by atoms with E-state index in [9.17, 15) is 0 Å². The van der Waals surface area contributed by atoms with E-state index in [1.807, 2.05) is 30.5 Å². The first-order valence-electron chi connectivity index (χ1n) is 9.44. The van der Waals surface area contributed by atoms with Crippen molar-refractivity contribution in [2.45, 2.75) is 33.4 Å². The number of benzene rings is 1. The van der Waals surface area contributed by atoms with Gasteiger partial charge in [-0.2, -0.15) is 0 Å². The molecule has 1 aromatic carbocycles. The van der Waals surface area contributed by atoms with Crippen LogP contribution in [-0.2, 0) is 6.54 Å². The summed E-state index contributed by atoms with van der Waals surface area (Å²) < 4.78 is 0. The normalized spacial score (nSPS) is 12.9. The molecule has 146 valence electrons. The lowest BCUT2D eigenvalue weighted by Gasteiger charge is -2.31. The minimum absolute atomic E-state index is 0.170. The molecule has 0 saturated carbocycles. The number of nitrogens with one attached hydrogen (secondary N) is 2. The van der Waals surface area contributed by atoms with Crippen molar-refractivity contribution in [1.29, 1.82) is 0 Å². The first kappa shape index (κ1) is 21.2. The Bertz CT molecular complexity index is 743. The van der Waals surface area contributed by atoms with E-state index in [0.717, 1.165) is 40.9 Å². The average molecular weight is 388 g/mol. The van der Waals surface area contributed by atoms with Gasteiger partial charge in [-0.25, -0.2) is 0 Å². The summed E-state index contributed by atoms with van der Waals surface area (Å²) in [5, 5.41) is 7.59. The minimum atomic E-state index is 0.170. The highest BCUT2D eigenvalue weighted by Gasteiger charge is 2.20. The van der Waals surface area contributed by atoms with Crippen LogP contribution in [0.4, 0.5) is 0 Å². The fraction of sp³-hybridized carbons (Fsp3) is 0.429. The molecule has 2 aromatic rings. The third kappa shape index (κ3) is 5.94. The molecule has 6 heteroatoms. The summed E-state index contributed by atoms with van der Waals surface area (Å²) in [6, 6.07) is 12.2. The van der Waals surface area contributed by atoms with Crippen molar-refractivity contribution >= 4 is 17.6 Å². The van der Waals surface area contributed by atoms with Crippen LogP contribution in [0.15, 0.2) is 47.6 Å². The van der Waals surface area contributed by atoms with Crippen molar-refractivity contribution in [2.24, 2.45) is 4.99 Å². The molecule has 0 radical (unpaired) electrons. The number of rotatable bonds is 8. The first-order valence-corrected chi connectivity index (χ1v) is 9.81. The van der Waals surface area contributed by atoms with Crippen molar-refractivity contribution in [2.75, 3.05) is 26.7 Å². The molecule has 2 N–H and O–H groups in total. The smallest absolute Gasteiger partial charge is 0.191 e. The topological polar surface area (TPSA) is 52.5 Å². The molecule has 1 unspecified atom stereocenters. The van der Waals surface area contributed by atoms with Crippen LogP contribution in [0.5, 0.6) is 0 Å². The van der Waals surface area contributed by atoms with Gasteiger partial charge in [-0.15, -0.1) is 0 Å². The van der Waals surface area contributed by atoms with Crippen LogP contribution in [0.2, 0.25) is 5.02 Å². The van der Waals surface area contributed by atoms with Gasteiger partial charge in [-0.3, -0.25) is 14.9 Å². The van der Waals surface area contributed by atoms with E-state index in [2.05, 4.69) is 58.4 Å². The van der Waals surface area contributed by atoms with Gasteiger partial charge in [0.2, 0.25) is 0 Å². The second kappa shape index (κ2) is 10.9. The number of pyridine rings is 1. The molecule has 0 spiro atoms. The Balaban J connectivity index is 2.06. The fourth-order valence-corrected chi connectivity index (χ4v) is 3.39. The van der Waals surface area contributed by atoms with Crippen LogP contribution in [0.25, 0.3) is 0 Å². The predicted molar refractivity (Wildman–Crippen MR) is 114 cm³/mol. The number of nitrogens with zero attached hydrogens (tertiary/aromatic N) is 3. The molecule has 0 bridgehead atoms. The van der Waals surface area contributed by atoms with Crippen LogP contribution in [-0.4, -0.2) is 42.5 Å². The van der Waals surface area contributed by atoms with E-state index in [1.54, 1.807) is 7.05 Å². The summed E-state index contributed by atoms with van der Waals surface area (Å²) in [5.74, 6) is 0.754. The maximum atomic E-state index is 6.48. The molecule has 0 aliphatic rings. The molecular weight excluding hydrogens is 358 g/mol. The molecule has 2 rings (SSSR count). The first-order chi connectivity index (χ1) is 13.1. The Kier molecular flexibility index (Phi) is 8.55. The molecule has 27 heavy (non-hydrogen) atoms. The standard InChI is InChI=1S/C21H30ClN5/c1-5-27(6-2)20(17-11-7-8-12-18(17)22)15-26-21(23-4)25-14-19-16(3)10-9-13-24-19/h7-13,20H,5-6,14-15H2,1-4H3,(H2,23,25,26). The third-order valence-electron chi connectivity index (χ3n) is 4.74. The maximum Gasteiger partial charge on any atom is 0.191 e. The predicted octanol–water partition coefficient (Wildman–Crippen LogP) is 3.79. The molecule has 0 aliphatic heterocycles. The second-order valence-electron chi connectivity index (χ2n) is 6.33. The zero-order chi connectivity index (χ0) is 19.6. The van der Waals surface area contributed by atoms with Gasteiger partial charge in [0, 0.05) is 24.8 Å². The molecule has 0 aliphatic carbocycles. The number of aryl methyl sites for hydroxylation is 1. The van der Waals surface area contributed by atoms with Crippen LogP contribution >= 0.6 is 11.6 Å². The highest BCUT2D eigenvalue weighted by molar-refractivity contribution is 6.31. The van der Waals surface area contributed by atoms with Gasteiger partial charge in [-0.1, -0.05) is 49.7 Å². The SMILES string of the molecule is CCN(CC)C(CNC(=NC)NCc1ncccc1C)c1ccccc1Cl. The Labute approximate surface area is 167 Å². The molecule has 1 atom stereocenters. The summed E-state index contributed by atoms with van der Waals surface area (Å²) in [6.07, 6.45) is 1.81. The van der Waals surface area contributed by atoms with E-state index in [0.29, 0.717) is 13.1 Å². The summed E-state index contributed by atoms with van der Waals surface area (Å²) >= 11 is 6.48. The van der Waals surface area contributed by atoms with Gasteiger partial charge in [-0.05, 0) is 43.3 Å². The lowest BCUT2D eigenvalue weighted by atomic mass is 10.0. The van der Waals surface area contributed by atoms with Crippen molar-refractivity contribution in [1.82, 2.24) is 20.5 Å².